The number of hydrogen-bond donors (Lipinski definition) is 0. The quantitative estimate of drug-likeness (QED) is 0.600. The molecule has 17 heavy (non-hydrogen) atoms. The summed E-state index contributed by atoms with van der Waals surface area (Å²) in [6, 6.07) is 5.86. The van der Waals surface area contributed by atoms with Gasteiger partial charge in [0.1, 0.15) is 5.82 Å². The van der Waals surface area contributed by atoms with Gasteiger partial charge in [-0.1, -0.05) is 12.1 Å². The van der Waals surface area contributed by atoms with Gasteiger partial charge in [0, 0.05) is 12.0 Å². The van der Waals surface area contributed by atoms with E-state index in [1.165, 1.54) is 16.8 Å². The van der Waals surface area contributed by atoms with Crippen LogP contribution in [0, 0.1) is 22.9 Å². The van der Waals surface area contributed by atoms with Gasteiger partial charge < -0.3 is 10.1 Å². The number of benzene rings is 1. The van der Waals surface area contributed by atoms with E-state index in [-0.39, 0.29) is 5.82 Å². The number of rotatable bonds is 3. The third-order valence-corrected chi connectivity index (χ3v) is 2.25. The highest BCUT2D eigenvalue weighted by atomic mass is 19.1. The van der Waals surface area contributed by atoms with Crippen molar-refractivity contribution < 1.29 is 9.31 Å². The highest BCUT2D eigenvalue weighted by Crippen LogP contribution is 2.09. The molecule has 0 spiro atoms. The van der Waals surface area contributed by atoms with Crippen molar-refractivity contribution in [1.82, 2.24) is 14.8 Å². The molecule has 1 heterocycles. The average molecular weight is 236 g/mol. The van der Waals surface area contributed by atoms with E-state index in [2.05, 4.69) is 10.1 Å². The molecule has 0 bridgehead atoms. The van der Waals surface area contributed by atoms with Crippen molar-refractivity contribution in [2.75, 3.05) is 0 Å². The molecule has 0 amide bonds. The lowest BCUT2D eigenvalue weighted by Gasteiger charge is -1.99. The molecule has 0 unspecified atom stereocenters. The fraction of sp³-hybridized carbons (Fsp3) is 0.200. The Morgan fingerprint density at radius 1 is 1.41 bits per heavy atom. The van der Waals surface area contributed by atoms with E-state index in [4.69, 9.17) is 0 Å². The Hall–Kier alpha value is -2.31. The highest BCUT2D eigenvalue weighted by Gasteiger charge is 2.17. The molecule has 88 valence electrons. The van der Waals surface area contributed by atoms with Crippen molar-refractivity contribution in [3.8, 4) is 0 Å². The first-order chi connectivity index (χ1) is 8.06. The van der Waals surface area contributed by atoms with Crippen molar-refractivity contribution in [2.24, 2.45) is 0 Å². The lowest BCUT2D eigenvalue weighted by molar-refractivity contribution is -0.394. The van der Waals surface area contributed by atoms with Crippen LogP contribution >= 0.6 is 0 Å². The molecule has 2 rings (SSSR count). The minimum atomic E-state index is -0.645. The molecule has 0 saturated carbocycles. The van der Waals surface area contributed by atoms with Crippen LogP contribution in [-0.4, -0.2) is 19.7 Å². The zero-order valence-electron chi connectivity index (χ0n) is 9.00. The normalized spacial score (nSPS) is 10.5. The second-order valence-electron chi connectivity index (χ2n) is 3.50. The summed E-state index contributed by atoms with van der Waals surface area (Å²) >= 11 is 0. The Labute approximate surface area is 95.9 Å². The van der Waals surface area contributed by atoms with Crippen LogP contribution in [0.2, 0.25) is 0 Å². The topological polar surface area (TPSA) is 73.8 Å². The number of aryl methyl sites for hydroxylation is 1. The standard InChI is InChI=1S/C10H9FN4O2/c1-7-12-10(15(16)17)13-14(7)6-8-2-4-9(11)5-3-8/h2-5H,6H2,1H3. The Kier molecular flexibility index (Phi) is 2.82. The Morgan fingerprint density at radius 2 is 2.06 bits per heavy atom. The maximum absolute atomic E-state index is 12.7. The molecule has 0 saturated heterocycles. The molecular formula is C10H9FN4O2. The van der Waals surface area contributed by atoms with Gasteiger partial charge in [0.2, 0.25) is 5.82 Å². The summed E-state index contributed by atoms with van der Waals surface area (Å²) in [5.74, 6) is -0.305. The third-order valence-electron chi connectivity index (χ3n) is 2.25. The summed E-state index contributed by atoms with van der Waals surface area (Å²) in [5, 5.41) is 14.2. The summed E-state index contributed by atoms with van der Waals surface area (Å²) in [6.07, 6.45) is 0. The number of nitrogens with zero attached hydrogens (tertiary/aromatic N) is 4. The first-order valence-corrected chi connectivity index (χ1v) is 4.86. The third kappa shape index (κ3) is 2.44. The van der Waals surface area contributed by atoms with Crippen LogP contribution in [0.3, 0.4) is 0 Å². The Balaban J connectivity index is 2.24. The molecule has 1 aromatic carbocycles. The molecule has 0 radical (unpaired) electrons. The fourth-order valence-corrected chi connectivity index (χ4v) is 1.39. The molecule has 0 N–H and O–H groups in total. The summed E-state index contributed by atoms with van der Waals surface area (Å²) in [5.41, 5.74) is 0.800. The smallest absolute Gasteiger partial charge is 0.390 e. The van der Waals surface area contributed by atoms with Gasteiger partial charge >= 0.3 is 5.95 Å². The summed E-state index contributed by atoms with van der Waals surface area (Å²) in [6.45, 7) is 1.95. The Bertz CT molecular complexity index is 550. The van der Waals surface area contributed by atoms with Gasteiger partial charge in [0.15, 0.2) is 0 Å². The van der Waals surface area contributed by atoms with Gasteiger partial charge in [-0.05, 0) is 27.6 Å². The first kappa shape index (κ1) is 11.2. The molecule has 0 fully saturated rings. The maximum Gasteiger partial charge on any atom is 0.491 e. The van der Waals surface area contributed by atoms with Crippen molar-refractivity contribution >= 4 is 5.95 Å². The van der Waals surface area contributed by atoms with E-state index in [9.17, 15) is 14.5 Å². The SMILES string of the molecule is Cc1nc([N+](=O)[O-])nn1Cc1ccc(F)cc1. The largest absolute Gasteiger partial charge is 0.491 e. The lowest BCUT2D eigenvalue weighted by atomic mass is 10.2. The number of hydrogen-bond acceptors (Lipinski definition) is 4. The second kappa shape index (κ2) is 4.28. The molecular weight excluding hydrogens is 227 g/mol. The zero-order chi connectivity index (χ0) is 12.4. The van der Waals surface area contributed by atoms with Gasteiger partial charge in [-0.3, -0.25) is 0 Å². The minimum Gasteiger partial charge on any atom is -0.390 e. The van der Waals surface area contributed by atoms with Crippen LogP contribution in [0.25, 0.3) is 0 Å². The van der Waals surface area contributed by atoms with Crippen LogP contribution in [-0.2, 0) is 6.54 Å². The molecule has 0 aliphatic heterocycles. The van der Waals surface area contributed by atoms with Crippen molar-refractivity contribution in [1.29, 1.82) is 0 Å². The van der Waals surface area contributed by atoms with Gasteiger partial charge in [0.25, 0.3) is 0 Å². The molecule has 0 aliphatic rings. The average Bonchev–Trinajstić information content (AvgIpc) is 2.64. The van der Waals surface area contributed by atoms with Gasteiger partial charge in [-0.2, -0.15) is 4.68 Å². The molecule has 1 aromatic heterocycles. The lowest BCUT2D eigenvalue weighted by Crippen LogP contribution is -2.04. The summed E-state index contributed by atoms with van der Waals surface area (Å²) in [4.78, 5) is 13.5. The zero-order valence-corrected chi connectivity index (χ0v) is 9.00. The predicted molar refractivity (Wildman–Crippen MR) is 56.9 cm³/mol. The van der Waals surface area contributed by atoms with Crippen LogP contribution in [0.5, 0.6) is 0 Å². The van der Waals surface area contributed by atoms with Crippen molar-refractivity contribution in [3.63, 3.8) is 0 Å². The van der Waals surface area contributed by atoms with Crippen LogP contribution in [0.4, 0.5) is 10.3 Å². The van der Waals surface area contributed by atoms with E-state index in [1.807, 2.05) is 0 Å². The van der Waals surface area contributed by atoms with Gasteiger partial charge in [-0.25, -0.2) is 4.39 Å². The number of halogens is 1. The molecule has 6 nitrogen and oxygen atoms in total. The van der Waals surface area contributed by atoms with Crippen LogP contribution in [0.1, 0.15) is 11.4 Å². The summed E-state index contributed by atoms with van der Waals surface area (Å²) in [7, 11) is 0. The maximum atomic E-state index is 12.7. The molecule has 2 aromatic rings. The number of aromatic nitrogens is 3. The monoisotopic (exact) mass is 236 g/mol. The molecule has 0 atom stereocenters. The fourth-order valence-electron chi connectivity index (χ4n) is 1.39. The second-order valence-corrected chi connectivity index (χ2v) is 3.50. The van der Waals surface area contributed by atoms with Crippen LogP contribution < -0.4 is 0 Å². The van der Waals surface area contributed by atoms with E-state index in [0.29, 0.717) is 12.4 Å². The summed E-state index contributed by atoms with van der Waals surface area (Å²) < 4.78 is 14.1. The van der Waals surface area contributed by atoms with Gasteiger partial charge in [-0.15, -0.1) is 0 Å². The van der Waals surface area contributed by atoms with E-state index < -0.39 is 10.9 Å². The van der Waals surface area contributed by atoms with E-state index in [1.54, 1.807) is 19.1 Å². The van der Waals surface area contributed by atoms with Crippen molar-refractivity contribution in [2.45, 2.75) is 13.5 Å². The van der Waals surface area contributed by atoms with Crippen LogP contribution in [0.15, 0.2) is 24.3 Å². The van der Waals surface area contributed by atoms with Crippen molar-refractivity contribution in [3.05, 3.63) is 51.6 Å². The van der Waals surface area contributed by atoms with Gasteiger partial charge in [0.05, 0.1) is 6.54 Å². The molecule has 0 aliphatic carbocycles. The molecule has 7 heteroatoms. The minimum absolute atomic E-state index is 0.324. The number of nitro groups is 1. The van der Waals surface area contributed by atoms with E-state index >= 15 is 0 Å². The highest BCUT2D eigenvalue weighted by molar-refractivity contribution is 5.17. The predicted octanol–water partition coefficient (Wildman–Crippen LogP) is 1.68. The first-order valence-electron chi connectivity index (χ1n) is 4.86. The Morgan fingerprint density at radius 3 is 2.59 bits per heavy atom. The van der Waals surface area contributed by atoms with E-state index in [0.717, 1.165) is 5.56 Å².